The van der Waals surface area contributed by atoms with E-state index in [0.717, 1.165) is 115 Å². The van der Waals surface area contributed by atoms with Gasteiger partial charge in [0, 0.05) is 132 Å². The molecule has 0 bridgehead atoms. The number of hydrogen-bond acceptors (Lipinski definition) is 17. The zero-order chi connectivity index (χ0) is 66.4. The van der Waals surface area contributed by atoms with Gasteiger partial charge in [-0.2, -0.15) is 0 Å². The van der Waals surface area contributed by atoms with E-state index in [1.165, 1.54) is 52.5 Å². The first-order valence-corrected chi connectivity index (χ1v) is 33.1. The quantitative estimate of drug-likeness (QED) is 0.0762. The van der Waals surface area contributed by atoms with Crippen molar-refractivity contribution < 1.29 is 93.1 Å². The van der Waals surface area contributed by atoms with E-state index in [2.05, 4.69) is 19.9 Å². The molecule has 0 saturated heterocycles. The summed E-state index contributed by atoms with van der Waals surface area (Å²) in [6, 6.07) is 37.6. The predicted octanol–water partition coefficient (Wildman–Crippen LogP) is 17.2. The number of amides is 1. The zero-order valence-corrected chi connectivity index (χ0v) is 63.2. The van der Waals surface area contributed by atoms with E-state index in [4.69, 9.17) is 71.5 Å². The monoisotopic (exact) mass is 1630 g/mol. The van der Waals surface area contributed by atoms with Gasteiger partial charge in [-0.1, -0.05) is 94.9 Å². The number of primary amides is 1. The summed E-state index contributed by atoms with van der Waals surface area (Å²) in [4.78, 5) is 66.8. The number of methoxy groups -OCH3 is 1. The Morgan fingerprint density at radius 3 is 1.07 bits per heavy atom. The number of aliphatic hydroxyl groups is 2. The van der Waals surface area contributed by atoms with Crippen LogP contribution in [-0.4, -0.2) is 84.9 Å². The number of rotatable bonds is 12. The minimum absolute atomic E-state index is 0. The summed E-state index contributed by atoms with van der Waals surface area (Å²) in [6.07, 6.45) is 15.5. The molecule has 94 heavy (non-hydrogen) atoms. The molecule has 1 unspecified atom stereocenters. The van der Waals surface area contributed by atoms with E-state index in [-0.39, 0.29) is 67.4 Å². The Balaban J connectivity index is 0.000000196. The van der Waals surface area contributed by atoms with Crippen molar-refractivity contribution in [3.63, 3.8) is 0 Å². The van der Waals surface area contributed by atoms with Crippen LogP contribution in [0.3, 0.4) is 0 Å². The van der Waals surface area contributed by atoms with Crippen LogP contribution in [0.4, 0.5) is 0 Å². The van der Waals surface area contributed by atoms with Crippen molar-refractivity contribution in [3.05, 3.63) is 255 Å². The molecule has 8 aromatic heterocycles. The number of nitrogens with two attached hydrogens (primary N) is 1. The molecule has 1 radical (unpaired) electrons. The third kappa shape index (κ3) is 21.3. The standard InChI is InChI=1S/C19H18ClNO3S.C19H18ClNO2S.C16H12ClNO2S.C15H11ClN2OS.CH4O.Ac.H2O/c1-19(2,3)24-18(23)15-8-13-14(9-21-10-16(13)25-15)17(22)11-4-6-12(20)7-5-11;1-19(2,3)23-18(22)16-9-15-13(10-21-11-17(15)24-16)8-12-4-6-14(20)7-5-12;1-20-16(19)14-7-13-11(8-18-9-15(13)21-14)6-10-2-4-12(17)5-3-10;16-11-3-1-9(2-4-11)5-10-7-18-8-14-12(10)6-13(20-14)15(17)19;1-2;;/h4-10,17,22H,1-3H3;4-7,9-11H,8H2,1-3H3;2-5,7-9H,6H2,1H3;1-4,6-8H,5H2,(H2,17,19);2H,1H3;;1H2. The number of aromatic nitrogens is 4. The molecule has 0 fully saturated rings. The zero-order valence-electron chi connectivity index (χ0n) is 52.2. The van der Waals surface area contributed by atoms with E-state index < -0.39 is 23.2 Å². The van der Waals surface area contributed by atoms with Crippen LogP contribution in [0.25, 0.3) is 40.3 Å². The molecule has 1 atom stereocenters. The van der Waals surface area contributed by atoms with Crippen LogP contribution in [0.1, 0.15) is 131 Å². The fraction of sp³-hybridized carbons (Fsp3) is 0.200. The van der Waals surface area contributed by atoms with Gasteiger partial charge in [0.1, 0.15) is 31.9 Å². The summed E-state index contributed by atoms with van der Waals surface area (Å²) < 4.78 is 19.4. The van der Waals surface area contributed by atoms with Crippen LogP contribution in [0.15, 0.2) is 171 Å². The van der Waals surface area contributed by atoms with E-state index in [1.807, 2.05) is 151 Å². The number of fused-ring (bicyclic) bond motifs is 4. The molecular weight excluding hydrogens is 1570 g/mol. The number of aliphatic hydroxyl groups excluding tert-OH is 2. The maximum absolute atomic E-state index is 12.3. The molecule has 0 aliphatic rings. The molecule has 0 aliphatic heterocycles. The Morgan fingerprint density at radius 1 is 0.457 bits per heavy atom. The first kappa shape index (κ1) is 76.7. The number of nitrogens with zero attached hydrogens (tertiary/aromatic N) is 4. The van der Waals surface area contributed by atoms with Crippen LogP contribution >= 0.6 is 91.8 Å². The Labute approximate surface area is 615 Å². The molecule has 1 amide bonds. The van der Waals surface area contributed by atoms with E-state index in [9.17, 15) is 24.3 Å². The maximum Gasteiger partial charge on any atom is 0.348 e. The molecule has 485 valence electrons. The first-order valence-electron chi connectivity index (χ1n) is 28.3. The smallest absolute Gasteiger partial charge is 0.348 e. The number of hydrogen-bond donors (Lipinski definition) is 3. The summed E-state index contributed by atoms with van der Waals surface area (Å²) in [5, 5.41) is 24.4. The third-order valence-electron chi connectivity index (χ3n) is 13.3. The van der Waals surface area contributed by atoms with Gasteiger partial charge in [0.15, 0.2) is 0 Å². The molecule has 15 nitrogen and oxygen atoms in total. The van der Waals surface area contributed by atoms with Crippen LogP contribution < -0.4 is 5.73 Å². The molecule has 6 N–H and O–H groups in total. The molecule has 0 aliphatic carbocycles. The van der Waals surface area contributed by atoms with Crippen LogP contribution in [0.5, 0.6) is 0 Å². The third-order valence-corrected chi connectivity index (χ3v) is 18.5. The van der Waals surface area contributed by atoms with Gasteiger partial charge in [-0.3, -0.25) is 24.7 Å². The number of ether oxygens (including phenoxy) is 3. The number of carbonyl (C=O) groups is 4. The van der Waals surface area contributed by atoms with E-state index >= 15 is 0 Å². The molecule has 0 saturated carbocycles. The molecule has 24 heteroatoms. The van der Waals surface area contributed by atoms with Crippen LogP contribution in [0.2, 0.25) is 20.1 Å². The van der Waals surface area contributed by atoms with Crippen LogP contribution in [-0.2, 0) is 33.5 Å². The van der Waals surface area contributed by atoms with Crippen molar-refractivity contribution in [3.8, 4) is 0 Å². The summed E-state index contributed by atoms with van der Waals surface area (Å²) in [7, 11) is 2.39. The van der Waals surface area contributed by atoms with Gasteiger partial charge in [0.25, 0.3) is 5.91 Å². The summed E-state index contributed by atoms with van der Waals surface area (Å²) in [6.45, 7) is 11.1. The Kier molecular flexibility index (Phi) is 28.6. The number of benzene rings is 4. The number of thiophene rings is 4. The molecule has 12 rings (SSSR count). The number of halogens is 4. The van der Waals surface area contributed by atoms with Gasteiger partial charge < -0.3 is 35.6 Å². The second-order valence-corrected chi connectivity index (χ2v) is 28.5. The van der Waals surface area contributed by atoms with Crippen molar-refractivity contribution in [2.45, 2.75) is 78.1 Å². The van der Waals surface area contributed by atoms with Crippen molar-refractivity contribution in [1.29, 1.82) is 0 Å². The van der Waals surface area contributed by atoms with Crippen molar-refractivity contribution in [2.24, 2.45) is 5.73 Å². The first-order chi connectivity index (χ1) is 43.9. The molecule has 0 spiro atoms. The van der Waals surface area contributed by atoms with E-state index in [1.54, 1.807) is 61.3 Å². The van der Waals surface area contributed by atoms with Gasteiger partial charge in [0.05, 0.1) is 30.8 Å². The second kappa shape index (κ2) is 35.1. The second-order valence-electron chi connectivity index (χ2n) is 22.4. The Morgan fingerprint density at radius 2 is 0.745 bits per heavy atom. The number of pyridine rings is 4. The summed E-state index contributed by atoms with van der Waals surface area (Å²) >= 11 is 29.1. The SMILES string of the molecule is CC(C)(C)OC(=O)c1cc2c(C(O)c3ccc(Cl)cc3)cncc2s1.CC(C)(C)OC(=O)c1cc2c(Cc3ccc(Cl)cc3)cncc2s1.CO.COC(=O)c1cc2c(Cc3ccc(Cl)cc3)cncc2s1.NC(=O)c1cc2c(Cc3ccc(Cl)cc3)cncc2s1.O.[Ac]. The minimum Gasteiger partial charge on any atom is -0.465 e. The number of esters is 3. The van der Waals surface area contributed by atoms with Gasteiger partial charge >= 0.3 is 17.9 Å². The fourth-order valence-corrected chi connectivity index (χ4v) is 13.5. The number of carbonyl (C=O) groups excluding carboxylic acids is 4. The molecule has 4 aromatic carbocycles. The summed E-state index contributed by atoms with van der Waals surface area (Å²) in [5.74, 6) is -1.38. The van der Waals surface area contributed by atoms with Crippen LogP contribution in [0, 0.1) is 44.1 Å². The summed E-state index contributed by atoms with van der Waals surface area (Å²) in [5.41, 5.74) is 12.3. The largest absolute Gasteiger partial charge is 0.465 e. The Bertz CT molecular complexity index is 4530. The molecular formula is C70H65AcCl4N5O10S4. The molecule has 12 aromatic rings. The maximum atomic E-state index is 12.3. The van der Waals surface area contributed by atoms with Gasteiger partial charge in [0.2, 0.25) is 0 Å². The average Bonchev–Trinajstić information content (AvgIpc) is 1.66. The van der Waals surface area contributed by atoms with Crippen molar-refractivity contribution >= 4 is 156 Å². The average molecular weight is 1630 g/mol. The predicted molar refractivity (Wildman–Crippen MR) is 379 cm³/mol. The Hall–Kier alpha value is -6.32. The topological polar surface area (TPSA) is 246 Å². The van der Waals surface area contributed by atoms with Crippen molar-refractivity contribution in [1.82, 2.24) is 19.9 Å². The minimum atomic E-state index is -0.852. The van der Waals surface area contributed by atoms with Gasteiger partial charge in [-0.05, 0) is 189 Å². The normalized spacial score (nSPS) is 11.2. The molecule has 8 heterocycles. The van der Waals surface area contributed by atoms with Gasteiger partial charge in [-0.25, -0.2) is 14.4 Å². The van der Waals surface area contributed by atoms with Gasteiger partial charge in [-0.15, -0.1) is 45.3 Å². The fourth-order valence-electron chi connectivity index (χ4n) is 9.14. The van der Waals surface area contributed by atoms with E-state index in [0.29, 0.717) is 35.7 Å². The van der Waals surface area contributed by atoms with Crippen molar-refractivity contribution in [2.75, 3.05) is 14.2 Å².